The molecule has 17 heavy (non-hydrogen) atoms. The van der Waals surface area contributed by atoms with Crippen molar-refractivity contribution in [2.24, 2.45) is 0 Å². The lowest BCUT2D eigenvalue weighted by molar-refractivity contribution is -0.120. The van der Waals surface area contributed by atoms with Gasteiger partial charge in [0.2, 0.25) is 5.91 Å². The molecular formula is C13H20N2O2. The summed E-state index contributed by atoms with van der Waals surface area (Å²) in [4.78, 5) is 11.2. The number of hydrogen-bond donors (Lipinski definition) is 2. The van der Waals surface area contributed by atoms with Gasteiger partial charge < -0.3 is 15.4 Å². The molecule has 0 aliphatic rings. The summed E-state index contributed by atoms with van der Waals surface area (Å²) < 4.78 is 5.47. The molecule has 0 aliphatic carbocycles. The van der Waals surface area contributed by atoms with E-state index in [1.807, 2.05) is 37.3 Å². The highest BCUT2D eigenvalue weighted by atomic mass is 16.5. The normalized spacial score (nSPS) is 9.94. The van der Waals surface area contributed by atoms with Gasteiger partial charge >= 0.3 is 0 Å². The average Bonchev–Trinajstić information content (AvgIpc) is 2.37. The molecule has 1 aromatic rings. The lowest BCUT2D eigenvalue weighted by Crippen LogP contribution is -2.35. The summed E-state index contributed by atoms with van der Waals surface area (Å²) in [6.45, 7) is 4.33. The maximum absolute atomic E-state index is 11.2. The molecule has 1 aromatic carbocycles. The van der Waals surface area contributed by atoms with Gasteiger partial charge in [0.1, 0.15) is 12.4 Å². The van der Waals surface area contributed by atoms with Crippen molar-refractivity contribution in [3.8, 4) is 5.75 Å². The molecule has 94 valence electrons. The van der Waals surface area contributed by atoms with Gasteiger partial charge in [-0.1, -0.05) is 25.1 Å². The maximum Gasteiger partial charge on any atom is 0.233 e. The fraction of sp³-hybridized carbons (Fsp3) is 0.462. The number of nitrogens with one attached hydrogen (secondary N) is 2. The second-order valence-corrected chi connectivity index (χ2v) is 3.69. The highest BCUT2D eigenvalue weighted by Gasteiger charge is 1.98. The van der Waals surface area contributed by atoms with Crippen LogP contribution in [0.15, 0.2) is 30.3 Å². The van der Waals surface area contributed by atoms with E-state index in [1.165, 1.54) is 0 Å². The highest BCUT2D eigenvalue weighted by Crippen LogP contribution is 2.07. The Balaban J connectivity index is 1.99. The molecule has 4 heteroatoms. The second kappa shape index (κ2) is 8.58. The van der Waals surface area contributed by atoms with Crippen LogP contribution in [0.3, 0.4) is 0 Å². The second-order valence-electron chi connectivity index (χ2n) is 3.69. The fourth-order valence-electron chi connectivity index (χ4n) is 1.29. The van der Waals surface area contributed by atoms with Crippen LogP contribution in [-0.4, -0.2) is 32.1 Å². The van der Waals surface area contributed by atoms with Crippen molar-refractivity contribution in [2.45, 2.75) is 13.3 Å². The van der Waals surface area contributed by atoms with Crippen LogP contribution in [0.5, 0.6) is 5.75 Å². The fourth-order valence-corrected chi connectivity index (χ4v) is 1.29. The summed E-state index contributed by atoms with van der Waals surface area (Å²) in [7, 11) is 0. The van der Waals surface area contributed by atoms with Crippen molar-refractivity contribution in [3.05, 3.63) is 30.3 Å². The molecule has 0 bridgehead atoms. The van der Waals surface area contributed by atoms with Crippen molar-refractivity contribution in [2.75, 3.05) is 26.2 Å². The Morgan fingerprint density at radius 3 is 2.71 bits per heavy atom. The van der Waals surface area contributed by atoms with Crippen LogP contribution in [0.1, 0.15) is 13.3 Å². The Bertz CT molecular complexity index is 314. The number of hydrogen-bond acceptors (Lipinski definition) is 3. The third kappa shape index (κ3) is 6.58. The third-order valence-electron chi connectivity index (χ3n) is 2.15. The largest absolute Gasteiger partial charge is 0.492 e. The molecule has 0 heterocycles. The molecule has 1 amide bonds. The molecule has 2 N–H and O–H groups in total. The zero-order valence-electron chi connectivity index (χ0n) is 10.2. The van der Waals surface area contributed by atoms with Crippen LogP contribution in [-0.2, 0) is 4.79 Å². The summed E-state index contributed by atoms with van der Waals surface area (Å²) in [5, 5.41) is 5.83. The quantitative estimate of drug-likeness (QED) is 0.666. The van der Waals surface area contributed by atoms with E-state index in [0.717, 1.165) is 18.7 Å². The van der Waals surface area contributed by atoms with E-state index in [-0.39, 0.29) is 5.91 Å². The average molecular weight is 236 g/mol. The van der Waals surface area contributed by atoms with Gasteiger partial charge in [-0.15, -0.1) is 0 Å². The van der Waals surface area contributed by atoms with E-state index in [0.29, 0.717) is 19.7 Å². The van der Waals surface area contributed by atoms with Crippen molar-refractivity contribution >= 4 is 5.91 Å². The summed E-state index contributed by atoms with van der Waals surface area (Å²) in [6, 6.07) is 9.63. The number of ether oxygens (including phenoxy) is 1. The number of carbonyl (C=O) groups excluding carboxylic acids is 1. The van der Waals surface area contributed by atoms with Gasteiger partial charge in [-0.25, -0.2) is 0 Å². The number of carbonyl (C=O) groups is 1. The van der Waals surface area contributed by atoms with E-state index in [9.17, 15) is 4.79 Å². The SMILES string of the molecule is CCCNC(=O)CNCCOc1ccccc1. The number of para-hydroxylation sites is 1. The summed E-state index contributed by atoms with van der Waals surface area (Å²) in [5.74, 6) is 0.885. The molecule has 1 rings (SSSR count). The first kappa shape index (κ1) is 13.5. The molecule has 0 saturated carbocycles. The lowest BCUT2D eigenvalue weighted by atomic mass is 10.3. The topological polar surface area (TPSA) is 50.4 Å². The van der Waals surface area contributed by atoms with Gasteiger partial charge in [0, 0.05) is 13.1 Å². The predicted octanol–water partition coefficient (Wildman–Crippen LogP) is 1.18. The lowest BCUT2D eigenvalue weighted by Gasteiger charge is -2.07. The van der Waals surface area contributed by atoms with Crippen LogP contribution in [0, 0.1) is 0 Å². The Labute approximate surface area is 102 Å². The maximum atomic E-state index is 11.2. The van der Waals surface area contributed by atoms with Crippen molar-refractivity contribution < 1.29 is 9.53 Å². The van der Waals surface area contributed by atoms with Gasteiger partial charge in [-0.3, -0.25) is 4.79 Å². The highest BCUT2D eigenvalue weighted by molar-refractivity contribution is 5.77. The first-order valence-electron chi connectivity index (χ1n) is 5.98. The Morgan fingerprint density at radius 2 is 2.00 bits per heavy atom. The number of amides is 1. The van der Waals surface area contributed by atoms with E-state index in [2.05, 4.69) is 10.6 Å². The standard InChI is InChI=1S/C13H20N2O2/c1-2-8-15-13(16)11-14-9-10-17-12-6-4-3-5-7-12/h3-7,14H,2,8-11H2,1H3,(H,15,16). The van der Waals surface area contributed by atoms with Crippen molar-refractivity contribution in [1.29, 1.82) is 0 Å². The third-order valence-corrected chi connectivity index (χ3v) is 2.15. The van der Waals surface area contributed by atoms with Crippen LogP contribution in [0.2, 0.25) is 0 Å². The molecule has 0 spiro atoms. The zero-order valence-corrected chi connectivity index (χ0v) is 10.2. The summed E-state index contributed by atoms with van der Waals surface area (Å²) in [6.07, 6.45) is 0.961. The van der Waals surface area contributed by atoms with E-state index in [1.54, 1.807) is 0 Å². The van der Waals surface area contributed by atoms with E-state index in [4.69, 9.17) is 4.74 Å². The minimum absolute atomic E-state index is 0.0339. The van der Waals surface area contributed by atoms with Crippen molar-refractivity contribution in [1.82, 2.24) is 10.6 Å². The monoisotopic (exact) mass is 236 g/mol. The van der Waals surface area contributed by atoms with Crippen LogP contribution >= 0.6 is 0 Å². The molecule has 0 unspecified atom stereocenters. The van der Waals surface area contributed by atoms with Crippen LogP contribution in [0.4, 0.5) is 0 Å². The number of rotatable bonds is 8. The van der Waals surface area contributed by atoms with Gasteiger partial charge in [0.15, 0.2) is 0 Å². The number of benzene rings is 1. The molecule has 0 saturated heterocycles. The van der Waals surface area contributed by atoms with E-state index < -0.39 is 0 Å². The Hall–Kier alpha value is -1.55. The van der Waals surface area contributed by atoms with Gasteiger partial charge in [-0.05, 0) is 18.6 Å². The molecule has 0 aliphatic heterocycles. The van der Waals surface area contributed by atoms with Gasteiger partial charge in [0.25, 0.3) is 0 Å². The molecule has 0 radical (unpaired) electrons. The minimum Gasteiger partial charge on any atom is -0.492 e. The van der Waals surface area contributed by atoms with Crippen LogP contribution < -0.4 is 15.4 Å². The Kier molecular flexibility index (Phi) is 6.82. The van der Waals surface area contributed by atoms with E-state index >= 15 is 0 Å². The molecule has 0 aromatic heterocycles. The van der Waals surface area contributed by atoms with Gasteiger partial charge in [-0.2, -0.15) is 0 Å². The molecule has 0 fully saturated rings. The predicted molar refractivity (Wildman–Crippen MR) is 68.1 cm³/mol. The minimum atomic E-state index is 0.0339. The first-order valence-corrected chi connectivity index (χ1v) is 5.98. The Morgan fingerprint density at radius 1 is 1.24 bits per heavy atom. The summed E-state index contributed by atoms with van der Waals surface area (Å²) in [5.41, 5.74) is 0. The summed E-state index contributed by atoms with van der Waals surface area (Å²) >= 11 is 0. The van der Waals surface area contributed by atoms with Gasteiger partial charge in [0.05, 0.1) is 6.54 Å². The molecule has 0 atom stereocenters. The smallest absolute Gasteiger partial charge is 0.233 e. The molecular weight excluding hydrogens is 216 g/mol. The van der Waals surface area contributed by atoms with Crippen molar-refractivity contribution in [3.63, 3.8) is 0 Å². The molecule has 4 nitrogen and oxygen atoms in total. The first-order chi connectivity index (χ1) is 8.33. The zero-order chi connectivity index (χ0) is 12.3. The van der Waals surface area contributed by atoms with Crippen LogP contribution in [0.25, 0.3) is 0 Å².